The van der Waals surface area contributed by atoms with Gasteiger partial charge < -0.3 is 4.74 Å². The Labute approximate surface area is 117 Å². The van der Waals surface area contributed by atoms with Crippen molar-refractivity contribution in [1.29, 1.82) is 0 Å². The second kappa shape index (κ2) is 5.08. The smallest absolute Gasteiger partial charge is 0.131 e. The molecule has 18 heavy (non-hydrogen) atoms. The third-order valence-corrected chi connectivity index (χ3v) is 3.77. The number of thiazole rings is 1. The minimum atomic E-state index is 0.519. The summed E-state index contributed by atoms with van der Waals surface area (Å²) in [6, 6.07) is 12.3. The van der Waals surface area contributed by atoms with Gasteiger partial charge in [-0.2, -0.15) is 0 Å². The lowest BCUT2D eigenvalue weighted by atomic mass is 10.1. The van der Waals surface area contributed by atoms with Crippen molar-refractivity contribution < 1.29 is 4.74 Å². The molecule has 2 aromatic carbocycles. The highest BCUT2D eigenvalue weighted by Gasteiger charge is 2.00. The summed E-state index contributed by atoms with van der Waals surface area (Å²) in [5.41, 5.74) is 2.78. The van der Waals surface area contributed by atoms with Crippen LogP contribution in [-0.4, -0.2) is 4.98 Å². The molecule has 0 saturated carbocycles. The maximum atomic E-state index is 5.72. The van der Waals surface area contributed by atoms with Gasteiger partial charge in [0.2, 0.25) is 0 Å². The number of benzene rings is 2. The SMILES string of the molecule is Brc1ccc2cc(OCc3cscn3)ccc2c1. The highest BCUT2D eigenvalue weighted by atomic mass is 79.9. The number of fused-ring (bicyclic) bond motifs is 1. The number of rotatable bonds is 3. The fraction of sp³-hybridized carbons (Fsp3) is 0.0714. The van der Waals surface area contributed by atoms with E-state index in [9.17, 15) is 0 Å². The molecule has 0 amide bonds. The summed E-state index contributed by atoms with van der Waals surface area (Å²) in [7, 11) is 0. The van der Waals surface area contributed by atoms with Gasteiger partial charge in [-0.1, -0.05) is 28.1 Å². The first-order chi connectivity index (χ1) is 8.81. The van der Waals surface area contributed by atoms with Gasteiger partial charge >= 0.3 is 0 Å². The minimum absolute atomic E-state index is 0.519. The maximum Gasteiger partial charge on any atom is 0.131 e. The van der Waals surface area contributed by atoms with Crippen LogP contribution in [0.15, 0.2) is 51.8 Å². The molecular formula is C14H10BrNOS. The van der Waals surface area contributed by atoms with Crippen LogP contribution in [0.25, 0.3) is 10.8 Å². The number of hydrogen-bond donors (Lipinski definition) is 0. The predicted octanol–water partition coefficient (Wildman–Crippen LogP) is 4.64. The number of hydrogen-bond acceptors (Lipinski definition) is 3. The molecule has 0 spiro atoms. The number of nitrogens with zero attached hydrogens (tertiary/aromatic N) is 1. The Morgan fingerprint density at radius 2 is 1.94 bits per heavy atom. The molecule has 1 heterocycles. The van der Waals surface area contributed by atoms with Gasteiger partial charge in [-0.3, -0.25) is 0 Å². The van der Waals surface area contributed by atoms with Crippen LogP contribution < -0.4 is 4.74 Å². The van der Waals surface area contributed by atoms with E-state index in [4.69, 9.17) is 4.74 Å². The van der Waals surface area contributed by atoms with Crippen molar-refractivity contribution in [2.24, 2.45) is 0 Å². The van der Waals surface area contributed by atoms with E-state index in [1.54, 1.807) is 11.3 Å². The van der Waals surface area contributed by atoms with E-state index in [2.05, 4.69) is 39.1 Å². The average molecular weight is 320 g/mol. The van der Waals surface area contributed by atoms with Crippen LogP contribution >= 0.6 is 27.3 Å². The molecule has 90 valence electrons. The minimum Gasteiger partial charge on any atom is -0.487 e. The van der Waals surface area contributed by atoms with Crippen LogP contribution in [0.5, 0.6) is 5.75 Å². The molecule has 0 aliphatic carbocycles. The molecule has 0 aliphatic rings. The number of ether oxygens (including phenoxy) is 1. The van der Waals surface area contributed by atoms with Gasteiger partial charge in [0.1, 0.15) is 12.4 Å². The molecule has 0 fully saturated rings. The Bertz CT molecular complexity index is 667. The summed E-state index contributed by atoms with van der Waals surface area (Å²) in [6.07, 6.45) is 0. The molecule has 0 aliphatic heterocycles. The zero-order valence-electron chi connectivity index (χ0n) is 9.47. The van der Waals surface area contributed by atoms with E-state index < -0.39 is 0 Å². The topological polar surface area (TPSA) is 22.1 Å². The molecular weight excluding hydrogens is 310 g/mol. The Morgan fingerprint density at radius 3 is 2.78 bits per heavy atom. The fourth-order valence-corrected chi connectivity index (χ4v) is 2.67. The van der Waals surface area contributed by atoms with Gasteiger partial charge in [0.25, 0.3) is 0 Å². The third kappa shape index (κ3) is 2.54. The van der Waals surface area contributed by atoms with E-state index in [0.29, 0.717) is 6.61 Å². The summed E-state index contributed by atoms with van der Waals surface area (Å²) < 4.78 is 6.81. The van der Waals surface area contributed by atoms with E-state index in [1.807, 2.05) is 29.1 Å². The Morgan fingerprint density at radius 1 is 1.11 bits per heavy atom. The van der Waals surface area contributed by atoms with E-state index in [-0.39, 0.29) is 0 Å². The summed E-state index contributed by atoms with van der Waals surface area (Å²) in [4.78, 5) is 4.19. The van der Waals surface area contributed by atoms with Crippen LogP contribution in [0.3, 0.4) is 0 Å². The fourth-order valence-electron chi connectivity index (χ4n) is 1.75. The lowest BCUT2D eigenvalue weighted by Gasteiger charge is -2.06. The standard InChI is InChI=1S/C14H10BrNOS/c15-12-3-1-11-6-14(4-2-10(11)5-12)17-7-13-8-18-9-16-13/h1-6,8-9H,7H2. The second-order valence-electron chi connectivity index (χ2n) is 3.92. The molecule has 0 saturated heterocycles. The van der Waals surface area contributed by atoms with Crippen LogP contribution in [0.4, 0.5) is 0 Å². The predicted molar refractivity (Wildman–Crippen MR) is 78.1 cm³/mol. The van der Waals surface area contributed by atoms with Crippen molar-refractivity contribution in [2.45, 2.75) is 6.61 Å². The zero-order chi connectivity index (χ0) is 12.4. The van der Waals surface area contributed by atoms with Crippen molar-refractivity contribution >= 4 is 38.0 Å². The number of aromatic nitrogens is 1. The quantitative estimate of drug-likeness (QED) is 0.701. The molecule has 0 unspecified atom stereocenters. The molecule has 0 radical (unpaired) electrons. The van der Waals surface area contributed by atoms with E-state index in [0.717, 1.165) is 15.9 Å². The van der Waals surface area contributed by atoms with Crippen molar-refractivity contribution in [3.05, 3.63) is 57.5 Å². The summed E-state index contributed by atoms with van der Waals surface area (Å²) in [5.74, 6) is 0.873. The molecule has 3 aromatic rings. The molecule has 0 bridgehead atoms. The Hall–Kier alpha value is -1.39. The summed E-state index contributed by atoms with van der Waals surface area (Å²) in [5, 5.41) is 4.37. The number of halogens is 1. The van der Waals surface area contributed by atoms with Crippen molar-refractivity contribution in [2.75, 3.05) is 0 Å². The molecule has 3 rings (SSSR count). The van der Waals surface area contributed by atoms with Gasteiger partial charge in [0.05, 0.1) is 11.2 Å². The highest BCUT2D eigenvalue weighted by molar-refractivity contribution is 9.10. The van der Waals surface area contributed by atoms with Gasteiger partial charge in [-0.25, -0.2) is 4.98 Å². The summed E-state index contributed by atoms with van der Waals surface area (Å²) in [6.45, 7) is 0.519. The largest absolute Gasteiger partial charge is 0.487 e. The average Bonchev–Trinajstić information content (AvgIpc) is 2.89. The molecule has 1 aromatic heterocycles. The van der Waals surface area contributed by atoms with Crippen LogP contribution in [-0.2, 0) is 6.61 Å². The molecule has 0 N–H and O–H groups in total. The van der Waals surface area contributed by atoms with Gasteiger partial charge in [-0.15, -0.1) is 11.3 Å². The maximum absolute atomic E-state index is 5.72. The van der Waals surface area contributed by atoms with E-state index >= 15 is 0 Å². The lowest BCUT2D eigenvalue weighted by Crippen LogP contribution is -1.95. The van der Waals surface area contributed by atoms with Crippen LogP contribution in [0.1, 0.15) is 5.69 Å². The Balaban J connectivity index is 1.82. The van der Waals surface area contributed by atoms with Gasteiger partial charge in [-0.05, 0) is 35.0 Å². The second-order valence-corrected chi connectivity index (χ2v) is 5.56. The molecule has 2 nitrogen and oxygen atoms in total. The monoisotopic (exact) mass is 319 g/mol. The van der Waals surface area contributed by atoms with Gasteiger partial charge in [0.15, 0.2) is 0 Å². The first-order valence-corrected chi connectivity index (χ1v) is 7.24. The normalized spacial score (nSPS) is 10.7. The molecule has 4 heteroatoms. The van der Waals surface area contributed by atoms with Gasteiger partial charge in [0, 0.05) is 9.85 Å². The first-order valence-electron chi connectivity index (χ1n) is 5.50. The van der Waals surface area contributed by atoms with Crippen molar-refractivity contribution in [3.63, 3.8) is 0 Å². The highest BCUT2D eigenvalue weighted by Crippen LogP contribution is 2.24. The molecule has 0 atom stereocenters. The van der Waals surface area contributed by atoms with Crippen molar-refractivity contribution in [1.82, 2.24) is 4.98 Å². The van der Waals surface area contributed by atoms with Crippen molar-refractivity contribution in [3.8, 4) is 5.75 Å². The summed E-state index contributed by atoms with van der Waals surface area (Å²) >= 11 is 5.05. The van der Waals surface area contributed by atoms with Crippen LogP contribution in [0.2, 0.25) is 0 Å². The van der Waals surface area contributed by atoms with Crippen LogP contribution in [0, 0.1) is 0 Å². The zero-order valence-corrected chi connectivity index (χ0v) is 11.9. The third-order valence-electron chi connectivity index (χ3n) is 2.64. The Kier molecular flexibility index (Phi) is 3.30. The first kappa shape index (κ1) is 11.7. The van der Waals surface area contributed by atoms with E-state index in [1.165, 1.54) is 10.8 Å². The lowest BCUT2D eigenvalue weighted by molar-refractivity contribution is 0.302.